The van der Waals surface area contributed by atoms with Gasteiger partial charge in [0, 0.05) is 31.0 Å². The Morgan fingerprint density at radius 3 is 2.79 bits per heavy atom. The van der Waals surface area contributed by atoms with Crippen LogP contribution in [-0.2, 0) is 13.0 Å². The van der Waals surface area contributed by atoms with Gasteiger partial charge in [-0.25, -0.2) is 4.98 Å². The smallest absolute Gasteiger partial charge is 0.130 e. The van der Waals surface area contributed by atoms with E-state index in [-0.39, 0.29) is 0 Å². The van der Waals surface area contributed by atoms with Crippen LogP contribution < -0.4 is 10.6 Å². The number of hydrogen-bond acceptors (Lipinski definition) is 3. The Hall–Kier alpha value is -2.03. The summed E-state index contributed by atoms with van der Waals surface area (Å²) in [5, 5.41) is 0. The number of nitrogen functional groups attached to an aromatic ring is 1. The molecule has 0 radical (unpaired) electrons. The lowest BCUT2D eigenvalue weighted by atomic mass is 10.0. The van der Waals surface area contributed by atoms with Crippen molar-refractivity contribution in [2.24, 2.45) is 0 Å². The average molecular weight is 253 g/mol. The summed E-state index contributed by atoms with van der Waals surface area (Å²) in [4.78, 5) is 6.84. The van der Waals surface area contributed by atoms with Crippen LogP contribution in [0.2, 0.25) is 0 Å². The first-order valence-corrected chi connectivity index (χ1v) is 6.78. The van der Waals surface area contributed by atoms with Gasteiger partial charge in [0.2, 0.25) is 0 Å². The molecule has 0 saturated heterocycles. The lowest BCUT2D eigenvalue weighted by Gasteiger charge is -2.22. The Labute approximate surface area is 114 Å². The highest BCUT2D eigenvalue weighted by Crippen LogP contribution is 2.24. The van der Waals surface area contributed by atoms with E-state index in [1.165, 1.54) is 11.1 Å². The minimum atomic E-state index is 0.822. The minimum absolute atomic E-state index is 0.822. The third kappa shape index (κ3) is 2.41. The van der Waals surface area contributed by atoms with Crippen LogP contribution in [0, 0.1) is 6.92 Å². The highest BCUT2D eigenvalue weighted by molar-refractivity contribution is 5.55. The van der Waals surface area contributed by atoms with Crippen LogP contribution in [0.5, 0.6) is 0 Å². The lowest BCUT2D eigenvalue weighted by molar-refractivity contribution is 0.754. The number of pyridine rings is 1. The van der Waals surface area contributed by atoms with Crippen molar-refractivity contribution in [1.29, 1.82) is 0 Å². The van der Waals surface area contributed by atoms with Crippen molar-refractivity contribution in [1.82, 2.24) is 4.98 Å². The third-order valence-corrected chi connectivity index (χ3v) is 3.81. The first-order chi connectivity index (χ1) is 9.24. The van der Waals surface area contributed by atoms with Gasteiger partial charge in [-0.2, -0.15) is 0 Å². The molecule has 0 saturated carbocycles. The Morgan fingerprint density at radius 2 is 2.00 bits per heavy atom. The molecule has 3 rings (SSSR count). The number of nitrogens with two attached hydrogens (primary N) is 1. The highest BCUT2D eigenvalue weighted by Gasteiger charge is 2.15. The van der Waals surface area contributed by atoms with Gasteiger partial charge in [0.25, 0.3) is 0 Å². The second-order valence-electron chi connectivity index (χ2n) is 5.19. The molecule has 2 heterocycles. The summed E-state index contributed by atoms with van der Waals surface area (Å²) in [5.41, 5.74) is 10.7. The summed E-state index contributed by atoms with van der Waals surface area (Å²) in [6, 6.07) is 10.7. The summed E-state index contributed by atoms with van der Waals surface area (Å²) in [5.74, 6) is 0.986. The molecule has 0 bridgehead atoms. The lowest BCUT2D eigenvalue weighted by Crippen LogP contribution is -2.23. The normalized spacial score (nSPS) is 14.9. The molecular weight excluding hydrogens is 234 g/mol. The fraction of sp³-hybridized carbons (Fsp3) is 0.312. The van der Waals surface area contributed by atoms with Crippen LogP contribution in [0.3, 0.4) is 0 Å². The van der Waals surface area contributed by atoms with Crippen molar-refractivity contribution in [3.05, 3.63) is 53.2 Å². The second kappa shape index (κ2) is 4.92. The van der Waals surface area contributed by atoms with Gasteiger partial charge < -0.3 is 10.6 Å². The first kappa shape index (κ1) is 12.0. The quantitative estimate of drug-likeness (QED) is 0.849. The maximum Gasteiger partial charge on any atom is 0.130 e. The van der Waals surface area contributed by atoms with Crippen LogP contribution in [0.1, 0.15) is 23.1 Å². The number of fused-ring (bicyclic) bond motifs is 1. The molecule has 2 N–H and O–H groups in total. The first-order valence-electron chi connectivity index (χ1n) is 6.78. The van der Waals surface area contributed by atoms with E-state index in [1.54, 1.807) is 0 Å². The van der Waals surface area contributed by atoms with Gasteiger partial charge in [0.15, 0.2) is 0 Å². The SMILES string of the molecule is Cc1cnc(N2CCCc3ccccc3C2)cc1N. The van der Waals surface area contributed by atoms with Gasteiger partial charge in [-0.1, -0.05) is 24.3 Å². The number of aromatic nitrogens is 1. The van der Waals surface area contributed by atoms with Crippen LogP contribution in [0.15, 0.2) is 36.5 Å². The number of aryl methyl sites for hydroxylation is 2. The Bertz CT molecular complexity index is 592. The van der Waals surface area contributed by atoms with E-state index < -0.39 is 0 Å². The maximum absolute atomic E-state index is 5.99. The molecule has 0 atom stereocenters. The van der Waals surface area contributed by atoms with E-state index in [4.69, 9.17) is 5.73 Å². The van der Waals surface area contributed by atoms with Crippen molar-refractivity contribution in [2.45, 2.75) is 26.3 Å². The van der Waals surface area contributed by atoms with E-state index in [0.717, 1.165) is 43.0 Å². The zero-order valence-electron chi connectivity index (χ0n) is 11.3. The predicted molar refractivity (Wildman–Crippen MR) is 79.2 cm³/mol. The summed E-state index contributed by atoms with van der Waals surface area (Å²) >= 11 is 0. The number of rotatable bonds is 1. The van der Waals surface area contributed by atoms with E-state index in [1.807, 2.05) is 19.2 Å². The van der Waals surface area contributed by atoms with Gasteiger partial charge in [-0.3, -0.25) is 0 Å². The predicted octanol–water partition coefficient (Wildman–Crippen LogP) is 2.93. The van der Waals surface area contributed by atoms with Crippen LogP contribution in [0.4, 0.5) is 11.5 Å². The molecule has 1 aliphatic rings. The van der Waals surface area contributed by atoms with E-state index >= 15 is 0 Å². The summed E-state index contributed by atoms with van der Waals surface area (Å²) in [7, 11) is 0. The van der Waals surface area contributed by atoms with Gasteiger partial charge in [0.05, 0.1) is 0 Å². The van der Waals surface area contributed by atoms with Crippen molar-refractivity contribution in [2.75, 3.05) is 17.2 Å². The van der Waals surface area contributed by atoms with Gasteiger partial charge in [0.1, 0.15) is 5.82 Å². The average Bonchev–Trinajstić information content (AvgIpc) is 2.64. The summed E-state index contributed by atoms with van der Waals surface area (Å²) < 4.78 is 0. The Kier molecular flexibility index (Phi) is 3.11. The number of nitrogens with zero attached hydrogens (tertiary/aromatic N) is 2. The van der Waals surface area contributed by atoms with Crippen molar-refractivity contribution < 1.29 is 0 Å². The molecular formula is C16H19N3. The minimum Gasteiger partial charge on any atom is -0.398 e. The standard InChI is InChI=1S/C16H19N3/c1-12-10-18-16(9-15(12)17)19-8-4-7-13-5-2-3-6-14(13)11-19/h2-3,5-6,9-10H,4,7-8,11H2,1H3,(H2,17,18). The van der Waals surface area contributed by atoms with E-state index in [2.05, 4.69) is 34.1 Å². The Morgan fingerprint density at radius 1 is 1.21 bits per heavy atom. The topological polar surface area (TPSA) is 42.2 Å². The number of anilines is 2. The van der Waals surface area contributed by atoms with Crippen molar-refractivity contribution >= 4 is 11.5 Å². The molecule has 1 aliphatic heterocycles. The van der Waals surface area contributed by atoms with E-state index in [0.29, 0.717) is 0 Å². The Balaban J connectivity index is 1.92. The van der Waals surface area contributed by atoms with Crippen molar-refractivity contribution in [3.63, 3.8) is 0 Å². The molecule has 0 spiro atoms. The molecule has 19 heavy (non-hydrogen) atoms. The molecule has 0 aliphatic carbocycles. The second-order valence-corrected chi connectivity index (χ2v) is 5.19. The van der Waals surface area contributed by atoms with Crippen LogP contribution in [0.25, 0.3) is 0 Å². The van der Waals surface area contributed by atoms with E-state index in [9.17, 15) is 0 Å². The monoisotopic (exact) mass is 253 g/mol. The number of hydrogen-bond donors (Lipinski definition) is 1. The molecule has 0 amide bonds. The molecule has 0 fully saturated rings. The molecule has 98 valence electrons. The summed E-state index contributed by atoms with van der Waals surface area (Å²) in [6.45, 7) is 3.94. The largest absolute Gasteiger partial charge is 0.398 e. The molecule has 3 nitrogen and oxygen atoms in total. The molecule has 1 aromatic carbocycles. The van der Waals surface area contributed by atoms with Crippen LogP contribution >= 0.6 is 0 Å². The van der Waals surface area contributed by atoms with Crippen molar-refractivity contribution in [3.8, 4) is 0 Å². The fourth-order valence-electron chi connectivity index (χ4n) is 2.60. The maximum atomic E-state index is 5.99. The number of benzene rings is 1. The van der Waals surface area contributed by atoms with Gasteiger partial charge >= 0.3 is 0 Å². The zero-order valence-corrected chi connectivity index (χ0v) is 11.3. The summed E-state index contributed by atoms with van der Waals surface area (Å²) in [6.07, 6.45) is 4.17. The third-order valence-electron chi connectivity index (χ3n) is 3.81. The van der Waals surface area contributed by atoms with Gasteiger partial charge in [-0.15, -0.1) is 0 Å². The molecule has 3 heteroatoms. The fourth-order valence-corrected chi connectivity index (χ4v) is 2.60. The zero-order chi connectivity index (χ0) is 13.2. The van der Waals surface area contributed by atoms with Gasteiger partial charge in [-0.05, 0) is 36.5 Å². The molecule has 2 aromatic rings. The molecule has 1 aromatic heterocycles. The molecule has 0 unspecified atom stereocenters. The highest BCUT2D eigenvalue weighted by atomic mass is 15.2. The van der Waals surface area contributed by atoms with Crippen LogP contribution in [-0.4, -0.2) is 11.5 Å².